The number of benzene rings is 1. The fourth-order valence-electron chi connectivity index (χ4n) is 2.45. The van der Waals surface area contributed by atoms with Crippen LogP contribution in [0.15, 0.2) is 24.3 Å². The van der Waals surface area contributed by atoms with Gasteiger partial charge in [-0.15, -0.1) is 12.4 Å². The van der Waals surface area contributed by atoms with Crippen LogP contribution in [0.5, 0.6) is 0 Å². The summed E-state index contributed by atoms with van der Waals surface area (Å²) in [6, 6.07) is 6.45. The zero-order chi connectivity index (χ0) is 15.5. The van der Waals surface area contributed by atoms with Gasteiger partial charge in [-0.25, -0.2) is 4.39 Å². The molecule has 6 heteroatoms. The van der Waals surface area contributed by atoms with E-state index < -0.39 is 5.54 Å². The van der Waals surface area contributed by atoms with E-state index in [-0.39, 0.29) is 29.5 Å². The van der Waals surface area contributed by atoms with Crippen LogP contribution in [0.1, 0.15) is 32.3 Å². The minimum absolute atomic E-state index is 0. The van der Waals surface area contributed by atoms with Crippen LogP contribution in [0.2, 0.25) is 0 Å². The van der Waals surface area contributed by atoms with Crippen molar-refractivity contribution < 1.29 is 13.9 Å². The first-order chi connectivity index (χ1) is 9.83. The molecule has 1 aliphatic heterocycles. The SMILES string of the molecule is CC(C)(CNC(=O)C1(N)CCOCC1)c1cccc(F)c1.Cl. The maximum Gasteiger partial charge on any atom is 0.240 e. The molecule has 0 atom stereocenters. The summed E-state index contributed by atoms with van der Waals surface area (Å²) in [6.45, 7) is 5.37. The van der Waals surface area contributed by atoms with Gasteiger partial charge >= 0.3 is 0 Å². The van der Waals surface area contributed by atoms with Crippen LogP contribution in [-0.2, 0) is 14.9 Å². The molecule has 3 N–H and O–H groups in total. The lowest BCUT2D eigenvalue weighted by atomic mass is 9.83. The van der Waals surface area contributed by atoms with Crippen molar-refractivity contribution in [1.29, 1.82) is 0 Å². The Morgan fingerprint density at radius 3 is 2.64 bits per heavy atom. The van der Waals surface area contributed by atoms with Crippen LogP contribution in [0.3, 0.4) is 0 Å². The Bertz CT molecular complexity index is 517. The average molecular weight is 331 g/mol. The largest absolute Gasteiger partial charge is 0.381 e. The van der Waals surface area contributed by atoms with E-state index in [0.29, 0.717) is 32.6 Å². The molecule has 0 unspecified atom stereocenters. The van der Waals surface area contributed by atoms with Gasteiger partial charge in [0, 0.05) is 25.2 Å². The second-order valence-electron chi connectivity index (χ2n) is 6.35. The summed E-state index contributed by atoms with van der Waals surface area (Å²) >= 11 is 0. The minimum atomic E-state index is -0.851. The minimum Gasteiger partial charge on any atom is -0.381 e. The molecule has 1 amide bonds. The second kappa shape index (κ2) is 7.40. The molecule has 0 radical (unpaired) electrons. The molecule has 1 heterocycles. The molecule has 22 heavy (non-hydrogen) atoms. The zero-order valence-electron chi connectivity index (χ0n) is 13.0. The van der Waals surface area contributed by atoms with Crippen molar-refractivity contribution in [3.05, 3.63) is 35.6 Å². The van der Waals surface area contributed by atoms with Gasteiger partial charge in [0.25, 0.3) is 0 Å². The standard InChI is InChI=1S/C16H23FN2O2.ClH/c1-15(2,12-4-3-5-13(17)10-12)11-19-14(20)16(18)6-8-21-9-7-16;/h3-5,10H,6-9,11,18H2,1-2H3,(H,19,20);1H. The first kappa shape index (κ1) is 18.9. The normalized spacial score (nSPS) is 17.5. The number of hydrogen-bond acceptors (Lipinski definition) is 3. The number of carbonyl (C=O) groups excluding carboxylic acids is 1. The molecule has 4 nitrogen and oxygen atoms in total. The molecule has 124 valence electrons. The van der Waals surface area contributed by atoms with Crippen LogP contribution < -0.4 is 11.1 Å². The van der Waals surface area contributed by atoms with E-state index in [9.17, 15) is 9.18 Å². The van der Waals surface area contributed by atoms with E-state index >= 15 is 0 Å². The Labute approximate surface area is 137 Å². The van der Waals surface area contributed by atoms with E-state index in [0.717, 1.165) is 5.56 Å². The third kappa shape index (κ3) is 4.41. The van der Waals surface area contributed by atoms with Gasteiger partial charge < -0.3 is 15.8 Å². The number of carbonyl (C=O) groups is 1. The van der Waals surface area contributed by atoms with Crippen molar-refractivity contribution in [3.8, 4) is 0 Å². The number of nitrogens with two attached hydrogens (primary N) is 1. The van der Waals surface area contributed by atoms with Crippen molar-refractivity contribution in [2.45, 2.75) is 37.6 Å². The number of hydrogen-bond donors (Lipinski definition) is 2. The van der Waals surface area contributed by atoms with E-state index in [1.807, 2.05) is 19.9 Å². The molecular weight excluding hydrogens is 307 g/mol. The summed E-state index contributed by atoms with van der Waals surface area (Å²) in [5.74, 6) is -0.429. The predicted molar refractivity (Wildman–Crippen MR) is 86.7 cm³/mol. The number of ether oxygens (including phenoxy) is 1. The molecule has 0 saturated carbocycles. The van der Waals surface area contributed by atoms with E-state index in [2.05, 4.69) is 5.32 Å². The Morgan fingerprint density at radius 2 is 2.05 bits per heavy atom. The molecule has 0 aliphatic carbocycles. The highest BCUT2D eigenvalue weighted by Crippen LogP contribution is 2.24. The lowest BCUT2D eigenvalue weighted by Gasteiger charge is -2.34. The van der Waals surface area contributed by atoms with E-state index in [4.69, 9.17) is 10.5 Å². The fraction of sp³-hybridized carbons (Fsp3) is 0.562. The molecule has 0 spiro atoms. The van der Waals surface area contributed by atoms with E-state index in [1.54, 1.807) is 6.07 Å². The van der Waals surface area contributed by atoms with Gasteiger partial charge in [-0.3, -0.25) is 4.79 Å². The summed E-state index contributed by atoms with van der Waals surface area (Å²) in [7, 11) is 0. The maximum atomic E-state index is 13.3. The predicted octanol–water partition coefficient (Wildman–Crippen LogP) is 2.15. The van der Waals surface area contributed by atoms with Crippen LogP contribution >= 0.6 is 12.4 Å². The number of halogens is 2. The fourth-order valence-corrected chi connectivity index (χ4v) is 2.45. The van der Waals surface area contributed by atoms with Gasteiger partial charge in [-0.05, 0) is 30.5 Å². The summed E-state index contributed by atoms with van der Waals surface area (Å²) in [5, 5.41) is 2.91. The van der Waals surface area contributed by atoms with Gasteiger partial charge in [0.15, 0.2) is 0 Å². The van der Waals surface area contributed by atoms with Crippen LogP contribution in [-0.4, -0.2) is 31.2 Å². The highest BCUT2D eigenvalue weighted by molar-refractivity contribution is 5.86. The summed E-state index contributed by atoms with van der Waals surface area (Å²) in [4.78, 5) is 12.3. The van der Waals surface area contributed by atoms with Gasteiger partial charge in [0.1, 0.15) is 5.82 Å². The quantitative estimate of drug-likeness (QED) is 0.889. The number of rotatable bonds is 4. The highest BCUT2D eigenvalue weighted by Gasteiger charge is 2.36. The molecule has 1 aliphatic rings. The third-order valence-electron chi connectivity index (χ3n) is 4.13. The number of amides is 1. The summed E-state index contributed by atoms with van der Waals surface area (Å²) in [5.41, 5.74) is 5.78. The van der Waals surface area contributed by atoms with Gasteiger partial charge in [-0.1, -0.05) is 26.0 Å². The number of nitrogens with one attached hydrogen (secondary N) is 1. The highest BCUT2D eigenvalue weighted by atomic mass is 35.5. The first-order valence-electron chi connectivity index (χ1n) is 7.24. The summed E-state index contributed by atoms with van der Waals surface area (Å²) in [6.07, 6.45) is 1.05. The van der Waals surface area contributed by atoms with Crippen LogP contribution in [0, 0.1) is 5.82 Å². The smallest absolute Gasteiger partial charge is 0.240 e. The second-order valence-corrected chi connectivity index (χ2v) is 6.35. The summed E-state index contributed by atoms with van der Waals surface area (Å²) < 4.78 is 18.6. The monoisotopic (exact) mass is 330 g/mol. The molecule has 1 aromatic carbocycles. The molecule has 1 fully saturated rings. The lowest BCUT2D eigenvalue weighted by Crippen LogP contribution is -2.58. The molecule has 0 aromatic heterocycles. The molecule has 1 aromatic rings. The Hall–Kier alpha value is -1.17. The van der Waals surface area contributed by atoms with Crippen molar-refractivity contribution in [1.82, 2.24) is 5.32 Å². The van der Waals surface area contributed by atoms with Gasteiger partial charge in [0.05, 0.1) is 5.54 Å². The first-order valence-corrected chi connectivity index (χ1v) is 7.24. The Balaban J connectivity index is 0.00000242. The average Bonchev–Trinajstić information content (AvgIpc) is 2.45. The van der Waals surface area contributed by atoms with Gasteiger partial charge in [0.2, 0.25) is 5.91 Å². The van der Waals surface area contributed by atoms with Crippen molar-refractivity contribution >= 4 is 18.3 Å². The molecule has 1 saturated heterocycles. The molecular formula is C16H24ClFN2O2. The third-order valence-corrected chi connectivity index (χ3v) is 4.13. The molecule has 0 bridgehead atoms. The maximum absolute atomic E-state index is 13.3. The van der Waals surface area contributed by atoms with Crippen molar-refractivity contribution in [3.63, 3.8) is 0 Å². The van der Waals surface area contributed by atoms with Crippen molar-refractivity contribution in [2.75, 3.05) is 19.8 Å². The molecule has 2 rings (SSSR count). The lowest BCUT2D eigenvalue weighted by molar-refractivity contribution is -0.130. The van der Waals surface area contributed by atoms with E-state index in [1.165, 1.54) is 12.1 Å². The van der Waals surface area contributed by atoms with Gasteiger partial charge in [-0.2, -0.15) is 0 Å². The Kier molecular flexibility index (Phi) is 6.35. The Morgan fingerprint density at radius 1 is 1.41 bits per heavy atom. The topological polar surface area (TPSA) is 64.4 Å². The van der Waals surface area contributed by atoms with Crippen molar-refractivity contribution in [2.24, 2.45) is 5.73 Å². The van der Waals surface area contributed by atoms with Crippen LogP contribution in [0.25, 0.3) is 0 Å². The zero-order valence-corrected chi connectivity index (χ0v) is 13.8. The van der Waals surface area contributed by atoms with Crippen LogP contribution in [0.4, 0.5) is 4.39 Å².